The second-order valence-electron chi connectivity index (χ2n) is 3.88. The van der Waals surface area contributed by atoms with E-state index in [2.05, 4.69) is 0 Å². The Morgan fingerprint density at radius 1 is 1.44 bits per heavy atom. The molecule has 0 aromatic heterocycles. The average Bonchev–Trinajstić information content (AvgIpc) is 2.17. The molecule has 0 bridgehead atoms. The van der Waals surface area contributed by atoms with Gasteiger partial charge in [-0.2, -0.15) is 0 Å². The standard InChI is InChI=1S/C12H18FNO.ClH/c1-3-4-11(15)12(14)10-6-5-9(13)7-8(10)2;/h5-7,11-12,15H,3-4,14H2,1-2H3;1H/t11-,12+;/m0./s1. The highest BCUT2D eigenvalue weighted by Gasteiger charge is 2.17. The van der Waals surface area contributed by atoms with Gasteiger partial charge in [0.2, 0.25) is 0 Å². The number of rotatable bonds is 4. The van der Waals surface area contributed by atoms with Gasteiger partial charge in [-0.1, -0.05) is 19.4 Å². The molecule has 0 unspecified atom stereocenters. The van der Waals surface area contributed by atoms with Crippen molar-refractivity contribution in [1.82, 2.24) is 0 Å². The SMILES string of the molecule is CCC[C@H](O)[C@H](N)c1ccc(F)cc1C.Cl. The van der Waals surface area contributed by atoms with Crippen LogP contribution in [0.3, 0.4) is 0 Å². The van der Waals surface area contributed by atoms with Crippen LogP contribution in [-0.4, -0.2) is 11.2 Å². The summed E-state index contributed by atoms with van der Waals surface area (Å²) >= 11 is 0. The first-order valence-corrected chi connectivity index (χ1v) is 5.26. The summed E-state index contributed by atoms with van der Waals surface area (Å²) in [6.45, 7) is 3.80. The maximum Gasteiger partial charge on any atom is 0.123 e. The zero-order valence-corrected chi connectivity index (χ0v) is 10.4. The second kappa shape index (κ2) is 6.84. The molecule has 0 amide bonds. The summed E-state index contributed by atoms with van der Waals surface area (Å²) in [6.07, 6.45) is 0.992. The van der Waals surface area contributed by atoms with Crippen molar-refractivity contribution in [2.45, 2.75) is 38.8 Å². The van der Waals surface area contributed by atoms with Crippen LogP contribution in [0.2, 0.25) is 0 Å². The molecule has 1 rings (SSSR count). The van der Waals surface area contributed by atoms with E-state index >= 15 is 0 Å². The van der Waals surface area contributed by atoms with E-state index in [1.807, 2.05) is 6.92 Å². The minimum atomic E-state index is -0.556. The highest BCUT2D eigenvalue weighted by molar-refractivity contribution is 5.85. The first kappa shape index (κ1) is 15.4. The maximum absolute atomic E-state index is 12.9. The van der Waals surface area contributed by atoms with E-state index in [1.54, 1.807) is 13.0 Å². The Morgan fingerprint density at radius 3 is 2.56 bits per heavy atom. The Balaban J connectivity index is 0.00000225. The summed E-state index contributed by atoms with van der Waals surface area (Å²) in [5.41, 5.74) is 7.51. The lowest BCUT2D eigenvalue weighted by Gasteiger charge is -2.20. The van der Waals surface area contributed by atoms with Gasteiger partial charge >= 0.3 is 0 Å². The van der Waals surface area contributed by atoms with Crippen molar-refractivity contribution in [3.63, 3.8) is 0 Å². The van der Waals surface area contributed by atoms with E-state index in [0.717, 1.165) is 17.5 Å². The Labute approximate surface area is 102 Å². The number of benzene rings is 1. The number of aliphatic hydroxyl groups excluding tert-OH is 1. The van der Waals surface area contributed by atoms with Gasteiger partial charge < -0.3 is 10.8 Å². The lowest BCUT2D eigenvalue weighted by molar-refractivity contribution is 0.134. The minimum Gasteiger partial charge on any atom is -0.391 e. The number of hydrogen-bond donors (Lipinski definition) is 2. The number of hydrogen-bond acceptors (Lipinski definition) is 2. The fourth-order valence-corrected chi connectivity index (χ4v) is 1.70. The summed E-state index contributed by atoms with van der Waals surface area (Å²) in [7, 11) is 0. The monoisotopic (exact) mass is 247 g/mol. The van der Waals surface area contributed by atoms with Crippen LogP contribution in [-0.2, 0) is 0 Å². The van der Waals surface area contributed by atoms with Crippen LogP contribution in [0, 0.1) is 12.7 Å². The highest BCUT2D eigenvalue weighted by Crippen LogP contribution is 2.21. The lowest BCUT2D eigenvalue weighted by Crippen LogP contribution is -2.26. The first-order chi connectivity index (χ1) is 7.06. The highest BCUT2D eigenvalue weighted by atomic mass is 35.5. The van der Waals surface area contributed by atoms with Crippen LogP contribution in [0.25, 0.3) is 0 Å². The second-order valence-corrected chi connectivity index (χ2v) is 3.88. The fraction of sp³-hybridized carbons (Fsp3) is 0.500. The zero-order valence-electron chi connectivity index (χ0n) is 9.61. The molecule has 0 aliphatic heterocycles. The summed E-state index contributed by atoms with van der Waals surface area (Å²) in [5.74, 6) is -0.270. The van der Waals surface area contributed by atoms with Crippen molar-refractivity contribution < 1.29 is 9.50 Å². The molecule has 0 aliphatic carbocycles. The molecule has 4 heteroatoms. The van der Waals surface area contributed by atoms with E-state index in [1.165, 1.54) is 12.1 Å². The summed E-state index contributed by atoms with van der Waals surface area (Å²) in [5, 5.41) is 9.75. The molecule has 3 N–H and O–H groups in total. The molecule has 2 atom stereocenters. The van der Waals surface area contributed by atoms with Crippen molar-refractivity contribution in [2.75, 3.05) is 0 Å². The van der Waals surface area contributed by atoms with Crippen molar-refractivity contribution in [3.8, 4) is 0 Å². The summed E-state index contributed by atoms with van der Waals surface area (Å²) in [6, 6.07) is 4.04. The topological polar surface area (TPSA) is 46.2 Å². The van der Waals surface area contributed by atoms with E-state index in [0.29, 0.717) is 6.42 Å². The maximum atomic E-state index is 12.9. The van der Waals surface area contributed by atoms with Gasteiger partial charge in [-0.25, -0.2) is 4.39 Å². The predicted molar refractivity (Wildman–Crippen MR) is 66.2 cm³/mol. The molecule has 0 heterocycles. The minimum absolute atomic E-state index is 0. The third-order valence-corrected chi connectivity index (χ3v) is 2.59. The van der Waals surface area contributed by atoms with Gasteiger partial charge in [0.05, 0.1) is 12.1 Å². The zero-order chi connectivity index (χ0) is 11.4. The predicted octanol–water partition coefficient (Wildman–Crippen LogP) is 2.72. The molecule has 92 valence electrons. The van der Waals surface area contributed by atoms with Crippen molar-refractivity contribution >= 4 is 12.4 Å². The van der Waals surface area contributed by atoms with Gasteiger partial charge in [-0.05, 0) is 36.6 Å². The quantitative estimate of drug-likeness (QED) is 0.860. The van der Waals surface area contributed by atoms with Crippen LogP contribution < -0.4 is 5.73 Å². The molecule has 0 aliphatic rings. The van der Waals surface area contributed by atoms with E-state index < -0.39 is 12.1 Å². The summed E-state index contributed by atoms with van der Waals surface area (Å²) < 4.78 is 12.9. The molecular weight excluding hydrogens is 229 g/mol. The number of aliphatic hydroxyl groups is 1. The molecule has 0 spiro atoms. The third kappa shape index (κ3) is 3.74. The van der Waals surface area contributed by atoms with Gasteiger partial charge in [0.15, 0.2) is 0 Å². The average molecular weight is 248 g/mol. The van der Waals surface area contributed by atoms with Crippen LogP contribution in [0.15, 0.2) is 18.2 Å². The van der Waals surface area contributed by atoms with Crippen LogP contribution >= 0.6 is 12.4 Å². The molecule has 2 nitrogen and oxygen atoms in total. The van der Waals surface area contributed by atoms with Gasteiger partial charge in [0, 0.05) is 0 Å². The van der Waals surface area contributed by atoms with Gasteiger partial charge in [0.25, 0.3) is 0 Å². The van der Waals surface area contributed by atoms with Crippen molar-refractivity contribution in [1.29, 1.82) is 0 Å². The first-order valence-electron chi connectivity index (χ1n) is 5.26. The van der Waals surface area contributed by atoms with Crippen LogP contribution in [0.1, 0.15) is 36.9 Å². The van der Waals surface area contributed by atoms with Gasteiger partial charge in [-0.15, -0.1) is 12.4 Å². The molecule has 1 aromatic carbocycles. The molecule has 0 saturated heterocycles. The molecule has 0 radical (unpaired) electrons. The van der Waals surface area contributed by atoms with Crippen LogP contribution in [0.5, 0.6) is 0 Å². The van der Waals surface area contributed by atoms with Crippen molar-refractivity contribution in [3.05, 3.63) is 35.1 Å². The van der Waals surface area contributed by atoms with E-state index in [4.69, 9.17) is 5.73 Å². The molecule has 1 aromatic rings. The molecule has 16 heavy (non-hydrogen) atoms. The van der Waals surface area contributed by atoms with E-state index in [9.17, 15) is 9.50 Å². The Hall–Kier alpha value is -0.640. The molecule has 0 fully saturated rings. The Bertz CT molecular complexity index is 333. The van der Waals surface area contributed by atoms with Gasteiger partial charge in [-0.3, -0.25) is 0 Å². The number of nitrogens with two attached hydrogens (primary N) is 1. The van der Waals surface area contributed by atoms with Crippen LogP contribution in [0.4, 0.5) is 4.39 Å². The summed E-state index contributed by atoms with van der Waals surface area (Å²) in [4.78, 5) is 0. The van der Waals surface area contributed by atoms with Crippen molar-refractivity contribution in [2.24, 2.45) is 5.73 Å². The lowest BCUT2D eigenvalue weighted by atomic mass is 9.95. The Morgan fingerprint density at radius 2 is 2.06 bits per heavy atom. The number of halogens is 2. The van der Waals surface area contributed by atoms with Gasteiger partial charge in [0.1, 0.15) is 5.82 Å². The normalized spacial score (nSPS) is 14.1. The molecular formula is C12H19ClFNO. The van der Waals surface area contributed by atoms with E-state index in [-0.39, 0.29) is 18.2 Å². The smallest absolute Gasteiger partial charge is 0.123 e. The number of aryl methyl sites for hydroxylation is 1. The molecule has 0 saturated carbocycles. The third-order valence-electron chi connectivity index (χ3n) is 2.59. The Kier molecular flexibility index (Phi) is 6.56. The fourth-order valence-electron chi connectivity index (χ4n) is 1.70. The largest absolute Gasteiger partial charge is 0.391 e.